The number of urea groups is 1. The maximum absolute atomic E-state index is 13.0. The van der Waals surface area contributed by atoms with Crippen molar-refractivity contribution in [3.8, 4) is 11.4 Å². The van der Waals surface area contributed by atoms with Gasteiger partial charge in [-0.1, -0.05) is 72.6 Å². The van der Waals surface area contributed by atoms with E-state index in [1.807, 2.05) is 62.4 Å². The molecular weight excluding hydrogens is 424 g/mol. The van der Waals surface area contributed by atoms with Gasteiger partial charge in [-0.25, -0.2) is 4.79 Å². The lowest BCUT2D eigenvalue weighted by molar-refractivity contribution is 0.202. The third kappa shape index (κ3) is 4.55. The molecule has 4 rings (SSSR count). The minimum absolute atomic E-state index is 0.134. The summed E-state index contributed by atoms with van der Waals surface area (Å²) in [4.78, 5) is 19.4. The predicted octanol–water partition coefficient (Wildman–Crippen LogP) is 6.24. The molecule has 6 nitrogen and oxygen atoms in total. The summed E-state index contributed by atoms with van der Waals surface area (Å²) in [6, 6.07) is 14.9. The van der Waals surface area contributed by atoms with Crippen molar-refractivity contribution in [1.82, 2.24) is 20.4 Å². The zero-order valence-corrected chi connectivity index (χ0v) is 19.5. The van der Waals surface area contributed by atoms with Crippen LogP contribution < -0.4 is 5.32 Å². The SMILES string of the molecule is CC1=C(c2nc(-c3ccc(C)cc3)no2)C(c2ccc(Cl)cc2)NC(=O)N1CCC(C)C. The molecular formula is C25H27ClN4O2. The molecule has 32 heavy (non-hydrogen) atoms. The van der Waals surface area contributed by atoms with Crippen molar-refractivity contribution in [3.05, 3.63) is 76.3 Å². The third-order valence-electron chi connectivity index (χ3n) is 5.70. The van der Waals surface area contributed by atoms with Crippen LogP contribution in [0, 0.1) is 12.8 Å². The second-order valence-corrected chi connectivity index (χ2v) is 8.99. The first-order valence-electron chi connectivity index (χ1n) is 10.8. The number of halogens is 1. The normalized spacial score (nSPS) is 16.6. The van der Waals surface area contributed by atoms with Crippen LogP contribution in [-0.4, -0.2) is 27.6 Å². The fourth-order valence-electron chi connectivity index (χ4n) is 3.77. The van der Waals surface area contributed by atoms with Crippen LogP contribution in [0.4, 0.5) is 4.79 Å². The van der Waals surface area contributed by atoms with E-state index in [1.54, 1.807) is 4.90 Å². The number of aryl methyl sites for hydroxylation is 1. The number of allylic oxidation sites excluding steroid dienone is 1. The van der Waals surface area contributed by atoms with Crippen molar-refractivity contribution >= 4 is 23.2 Å². The summed E-state index contributed by atoms with van der Waals surface area (Å²) >= 11 is 6.09. The minimum atomic E-state index is -0.415. The Morgan fingerprint density at radius 1 is 1.09 bits per heavy atom. The number of carbonyl (C=O) groups excluding carboxylic acids is 1. The van der Waals surface area contributed by atoms with Crippen LogP contribution in [0.3, 0.4) is 0 Å². The van der Waals surface area contributed by atoms with Gasteiger partial charge in [-0.3, -0.25) is 4.90 Å². The van der Waals surface area contributed by atoms with Gasteiger partial charge in [0.2, 0.25) is 5.82 Å². The Hall–Kier alpha value is -3.12. The Morgan fingerprint density at radius 2 is 1.78 bits per heavy atom. The first kappa shape index (κ1) is 22.1. The largest absolute Gasteiger partial charge is 0.334 e. The standard InChI is InChI=1S/C25H27ClN4O2/c1-15(2)13-14-30-17(4)21(22(27-25(30)31)18-9-11-20(26)12-10-18)24-28-23(29-32-24)19-7-5-16(3)6-8-19/h5-12,15,22H,13-14H2,1-4H3,(H,27,31). The minimum Gasteiger partial charge on any atom is -0.334 e. The summed E-state index contributed by atoms with van der Waals surface area (Å²) in [6.45, 7) is 8.87. The molecule has 2 aromatic carbocycles. The molecule has 1 unspecified atom stereocenters. The smallest absolute Gasteiger partial charge is 0.322 e. The fraction of sp³-hybridized carbons (Fsp3) is 0.320. The van der Waals surface area contributed by atoms with E-state index in [0.717, 1.165) is 34.4 Å². The van der Waals surface area contributed by atoms with E-state index in [9.17, 15) is 4.79 Å². The van der Waals surface area contributed by atoms with Crippen molar-refractivity contribution in [3.63, 3.8) is 0 Å². The highest BCUT2D eigenvalue weighted by atomic mass is 35.5. The third-order valence-corrected chi connectivity index (χ3v) is 5.95. The molecule has 0 saturated heterocycles. The van der Waals surface area contributed by atoms with Gasteiger partial charge in [0.1, 0.15) is 0 Å². The summed E-state index contributed by atoms with van der Waals surface area (Å²) < 4.78 is 5.72. The molecule has 2 amide bonds. The zero-order chi connectivity index (χ0) is 22.8. The molecule has 0 radical (unpaired) electrons. The lowest BCUT2D eigenvalue weighted by Crippen LogP contribution is -2.46. The average molecular weight is 451 g/mol. The summed E-state index contributed by atoms with van der Waals surface area (Å²) in [5.41, 5.74) is 4.55. The molecule has 1 N–H and O–H groups in total. The number of aromatic nitrogens is 2. The highest BCUT2D eigenvalue weighted by Gasteiger charge is 2.35. The Balaban J connectivity index is 1.78. The summed E-state index contributed by atoms with van der Waals surface area (Å²) in [7, 11) is 0. The number of amides is 2. The van der Waals surface area contributed by atoms with Crippen molar-refractivity contribution in [2.45, 2.75) is 40.2 Å². The molecule has 0 saturated carbocycles. The molecule has 0 bridgehead atoms. The van der Waals surface area contributed by atoms with Gasteiger partial charge in [-0.2, -0.15) is 4.98 Å². The van der Waals surface area contributed by atoms with Crippen LogP contribution in [0.2, 0.25) is 5.02 Å². The van der Waals surface area contributed by atoms with Crippen molar-refractivity contribution in [1.29, 1.82) is 0 Å². The van der Waals surface area contributed by atoms with Crippen LogP contribution >= 0.6 is 11.6 Å². The van der Waals surface area contributed by atoms with Gasteiger partial charge < -0.3 is 9.84 Å². The molecule has 0 fully saturated rings. The lowest BCUT2D eigenvalue weighted by atomic mass is 9.94. The quantitative estimate of drug-likeness (QED) is 0.482. The molecule has 3 aromatic rings. The molecule has 1 aromatic heterocycles. The first-order chi connectivity index (χ1) is 15.3. The Bertz CT molecular complexity index is 1130. The van der Waals surface area contributed by atoms with Crippen LogP contribution in [-0.2, 0) is 0 Å². The van der Waals surface area contributed by atoms with E-state index in [1.165, 1.54) is 0 Å². The molecule has 1 aliphatic heterocycles. The van der Waals surface area contributed by atoms with Crippen molar-refractivity contribution < 1.29 is 9.32 Å². The van der Waals surface area contributed by atoms with Crippen LogP contribution in [0.5, 0.6) is 0 Å². The van der Waals surface area contributed by atoms with E-state index in [2.05, 4.69) is 24.3 Å². The Labute approximate surface area is 193 Å². The number of carbonyl (C=O) groups is 1. The molecule has 0 aliphatic carbocycles. The van der Waals surface area contributed by atoms with E-state index in [0.29, 0.717) is 29.2 Å². The summed E-state index contributed by atoms with van der Waals surface area (Å²) in [5.74, 6) is 1.39. The molecule has 7 heteroatoms. The molecule has 2 heterocycles. The molecule has 1 aliphatic rings. The molecule has 166 valence electrons. The van der Waals surface area contributed by atoms with Gasteiger partial charge in [0.05, 0.1) is 11.6 Å². The first-order valence-corrected chi connectivity index (χ1v) is 11.2. The second-order valence-electron chi connectivity index (χ2n) is 8.56. The maximum atomic E-state index is 13.0. The van der Waals surface area contributed by atoms with Crippen LogP contribution in [0.25, 0.3) is 17.0 Å². The highest BCUT2D eigenvalue weighted by Crippen LogP contribution is 2.37. The monoisotopic (exact) mass is 450 g/mol. The second kappa shape index (κ2) is 9.17. The zero-order valence-electron chi connectivity index (χ0n) is 18.7. The van der Waals surface area contributed by atoms with Gasteiger partial charge in [0.25, 0.3) is 5.89 Å². The average Bonchev–Trinajstić information content (AvgIpc) is 3.23. The van der Waals surface area contributed by atoms with Crippen molar-refractivity contribution in [2.75, 3.05) is 6.54 Å². The Kier molecular flexibility index (Phi) is 6.33. The topological polar surface area (TPSA) is 71.3 Å². The molecule has 0 spiro atoms. The van der Waals surface area contributed by atoms with Gasteiger partial charge in [-0.15, -0.1) is 0 Å². The highest BCUT2D eigenvalue weighted by molar-refractivity contribution is 6.30. The predicted molar refractivity (Wildman–Crippen MR) is 126 cm³/mol. The van der Waals surface area contributed by atoms with Crippen LogP contribution in [0.15, 0.2) is 58.8 Å². The lowest BCUT2D eigenvalue weighted by Gasteiger charge is -2.35. The Morgan fingerprint density at radius 3 is 2.44 bits per heavy atom. The van der Waals surface area contributed by atoms with Gasteiger partial charge in [-0.05, 0) is 43.9 Å². The number of benzene rings is 2. The fourth-order valence-corrected chi connectivity index (χ4v) is 3.90. The number of rotatable bonds is 6. The number of nitrogens with one attached hydrogen (secondary N) is 1. The van der Waals surface area contributed by atoms with E-state index in [-0.39, 0.29) is 6.03 Å². The van der Waals surface area contributed by atoms with E-state index >= 15 is 0 Å². The summed E-state index contributed by atoms with van der Waals surface area (Å²) in [6.07, 6.45) is 0.891. The van der Waals surface area contributed by atoms with E-state index in [4.69, 9.17) is 21.1 Å². The maximum Gasteiger partial charge on any atom is 0.322 e. The van der Waals surface area contributed by atoms with Gasteiger partial charge >= 0.3 is 6.03 Å². The van der Waals surface area contributed by atoms with Crippen molar-refractivity contribution in [2.24, 2.45) is 5.92 Å². The summed E-state index contributed by atoms with van der Waals surface area (Å²) in [5, 5.41) is 7.97. The van der Waals surface area contributed by atoms with Gasteiger partial charge in [0.15, 0.2) is 0 Å². The number of nitrogens with zero attached hydrogens (tertiary/aromatic N) is 3. The van der Waals surface area contributed by atoms with Gasteiger partial charge in [0, 0.05) is 22.8 Å². The number of hydrogen-bond acceptors (Lipinski definition) is 4. The number of hydrogen-bond donors (Lipinski definition) is 1. The molecule has 1 atom stereocenters. The van der Waals surface area contributed by atoms with E-state index < -0.39 is 6.04 Å². The van der Waals surface area contributed by atoms with Crippen LogP contribution in [0.1, 0.15) is 50.3 Å².